The molecule has 0 spiro atoms. The highest BCUT2D eigenvalue weighted by Gasteiger charge is 2.11. The highest BCUT2D eigenvalue weighted by atomic mass is 35.5. The zero-order valence-corrected chi connectivity index (χ0v) is 21.5. The molecule has 178 valence electrons. The third-order valence-corrected chi connectivity index (χ3v) is 5.99. The van der Waals surface area contributed by atoms with Gasteiger partial charge >= 0.3 is 0 Å². The number of oxazole rings is 1. The third kappa shape index (κ3) is 6.69. The monoisotopic (exact) mass is 523 g/mol. The summed E-state index contributed by atoms with van der Waals surface area (Å²) in [6.07, 6.45) is 3.71. The lowest BCUT2D eigenvalue weighted by Crippen LogP contribution is -2.32. The fourth-order valence-corrected chi connectivity index (χ4v) is 4.18. The Morgan fingerprint density at radius 3 is 2.49 bits per heavy atom. The quantitative estimate of drug-likeness (QED) is 0.204. The lowest BCUT2D eigenvalue weighted by atomic mass is 10.0. The van der Waals surface area contributed by atoms with Gasteiger partial charge in [-0.25, -0.2) is 4.98 Å². The normalized spacial score (nSPS) is 11.3. The average molecular weight is 524 g/mol. The van der Waals surface area contributed by atoms with E-state index in [2.05, 4.69) is 41.6 Å². The number of aromatic nitrogens is 1. The molecule has 0 bridgehead atoms. The molecule has 1 amide bonds. The van der Waals surface area contributed by atoms with Crippen LogP contribution in [0.15, 0.2) is 71.2 Å². The number of carbonyl (C=O) groups is 1. The molecule has 0 fully saturated rings. The summed E-state index contributed by atoms with van der Waals surface area (Å²) in [6, 6.07) is 19.0. The largest absolute Gasteiger partial charge is 0.439 e. The van der Waals surface area contributed by atoms with Crippen LogP contribution in [0.4, 0.5) is 5.69 Å². The minimum absolute atomic E-state index is 0.216. The highest BCUT2D eigenvalue weighted by Crippen LogP contribution is 2.29. The number of fused-ring (bicyclic) bond motifs is 1. The summed E-state index contributed by atoms with van der Waals surface area (Å²) in [6.45, 7) is 4.29. The molecule has 0 aliphatic rings. The molecule has 5 nitrogen and oxygen atoms in total. The maximum absolute atomic E-state index is 12.2. The SMILES string of the molecule is CC(C)c1ccc(/C=C/C(=O)NC(=S)Nc2ccc(Cc3nc4cc(Cl)cc(Cl)c4o3)cc2)cc1. The Kier molecular flexibility index (Phi) is 7.86. The van der Waals surface area contributed by atoms with Crippen molar-refractivity contribution in [1.29, 1.82) is 0 Å². The summed E-state index contributed by atoms with van der Waals surface area (Å²) in [4.78, 5) is 16.7. The predicted octanol–water partition coefficient (Wildman–Crippen LogP) is 7.38. The van der Waals surface area contributed by atoms with Gasteiger partial charge in [-0.05, 0) is 65.2 Å². The summed E-state index contributed by atoms with van der Waals surface area (Å²) < 4.78 is 5.78. The Bertz CT molecular complexity index is 1390. The van der Waals surface area contributed by atoms with E-state index in [4.69, 9.17) is 39.8 Å². The zero-order valence-electron chi connectivity index (χ0n) is 19.1. The molecule has 0 aliphatic heterocycles. The van der Waals surface area contributed by atoms with Crippen molar-refractivity contribution >= 4 is 69.3 Å². The van der Waals surface area contributed by atoms with Crippen molar-refractivity contribution in [2.45, 2.75) is 26.2 Å². The number of halogens is 2. The molecule has 4 aromatic rings. The molecule has 0 unspecified atom stereocenters. The molecule has 0 saturated carbocycles. The zero-order chi connectivity index (χ0) is 24.9. The van der Waals surface area contributed by atoms with Crippen molar-refractivity contribution in [2.75, 3.05) is 5.32 Å². The predicted molar refractivity (Wildman–Crippen MR) is 147 cm³/mol. The number of amides is 1. The van der Waals surface area contributed by atoms with Crippen LogP contribution in [0.1, 0.15) is 42.3 Å². The number of nitrogens with zero attached hydrogens (tertiary/aromatic N) is 1. The Morgan fingerprint density at radius 1 is 1.09 bits per heavy atom. The van der Waals surface area contributed by atoms with Gasteiger partial charge in [0.25, 0.3) is 0 Å². The number of anilines is 1. The molecular formula is C27H23Cl2N3O2S. The van der Waals surface area contributed by atoms with Crippen molar-refractivity contribution < 1.29 is 9.21 Å². The number of rotatable bonds is 6. The second kappa shape index (κ2) is 11.0. The van der Waals surface area contributed by atoms with Gasteiger partial charge in [0.05, 0.1) is 5.02 Å². The van der Waals surface area contributed by atoms with Crippen LogP contribution in [0.25, 0.3) is 17.2 Å². The van der Waals surface area contributed by atoms with E-state index >= 15 is 0 Å². The first-order valence-corrected chi connectivity index (χ1v) is 12.2. The van der Waals surface area contributed by atoms with Crippen molar-refractivity contribution in [3.05, 3.63) is 99.4 Å². The smallest absolute Gasteiger partial charge is 0.250 e. The Labute approximate surface area is 219 Å². The van der Waals surface area contributed by atoms with Crippen molar-refractivity contribution in [3.8, 4) is 0 Å². The van der Waals surface area contributed by atoms with Crippen LogP contribution < -0.4 is 10.6 Å². The van der Waals surface area contributed by atoms with Gasteiger partial charge < -0.3 is 9.73 Å². The van der Waals surface area contributed by atoms with E-state index in [0.717, 1.165) is 16.8 Å². The molecule has 2 N–H and O–H groups in total. The minimum atomic E-state index is -0.304. The van der Waals surface area contributed by atoms with Crippen LogP contribution in [0.2, 0.25) is 10.0 Å². The van der Waals surface area contributed by atoms with E-state index in [-0.39, 0.29) is 11.0 Å². The standard InChI is InChI=1S/C27H23Cl2N3O2S/c1-16(2)19-8-3-17(4-9-19)7-12-24(33)32-27(35)30-21-10-5-18(6-11-21)13-25-31-23-15-20(28)14-22(29)26(23)34-25/h3-12,14-16H,13H2,1-2H3,(H2,30,32,33,35)/b12-7+. The third-order valence-electron chi connectivity index (χ3n) is 5.29. The minimum Gasteiger partial charge on any atom is -0.439 e. The van der Waals surface area contributed by atoms with E-state index < -0.39 is 0 Å². The lowest BCUT2D eigenvalue weighted by Gasteiger charge is -2.09. The molecular weight excluding hydrogens is 501 g/mol. The first kappa shape index (κ1) is 24.9. The Balaban J connectivity index is 1.30. The topological polar surface area (TPSA) is 67.2 Å². The molecule has 3 aromatic carbocycles. The first-order valence-electron chi connectivity index (χ1n) is 11.0. The summed E-state index contributed by atoms with van der Waals surface area (Å²) in [5.41, 5.74) is 5.09. The van der Waals surface area contributed by atoms with Gasteiger partial charge in [-0.3, -0.25) is 10.1 Å². The fraction of sp³-hybridized carbons (Fsp3) is 0.148. The maximum atomic E-state index is 12.2. The summed E-state index contributed by atoms with van der Waals surface area (Å²) >= 11 is 17.5. The molecule has 8 heteroatoms. The van der Waals surface area contributed by atoms with Crippen molar-refractivity contribution in [1.82, 2.24) is 10.3 Å². The van der Waals surface area contributed by atoms with Crippen LogP contribution in [-0.2, 0) is 11.2 Å². The van der Waals surface area contributed by atoms with Crippen molar-refractivity contribution in [3.63, 3.8) is 0 Å². The lowest BCUT2D eigenvalue weighted by molar-refractivity contribution is -0.115. The Morgan fingerprint density at radius 2 is 1.80 bits per heavy atom. The van der Waals surface area contributed by atoms with Gasteiger partial charge in [0.15, 0.2) is 16.6 Å². The van der Waals surface area contributed by atoms with Gasteiger partial charge in [-0.15, -0.1) is 0 Å². The van der Waals surface area contributed by atoms with Crippen LogP contribution in [-0.4, -0.2) is 16.0 Å². The van der Waals surface area contributed by atoms with Crippen LogP contribution in [0.3, 0.4) is 0 Å². The molecule has 35 heavy (non-hydrogen) atoms. The van der Waals surface area contributed by atoms with E-state index in [0.29, 0.717) is 39.4 Å². The fourth-order valence-electron chi connectivity index (χ4n) is 3.44. The van der Waals surface area contributed by atoms with Crippen LogP contribution in [0, 0.1) is 0 Å². The van der Waals surface area contributed by atoms with E-state index in [9.17, 15) is 4.79 Å². The number of benzene rings is 3. The molecule has 4 rings (SSSR count). The van der Waals surface area contributed by atoms with Gasteiger partial charge in [0, 0.05) is 23.2 Å². The summed E-state index contributed by atoms with van der Waals surface area (Å²) in [7, 11) is 0. The van der Waals surface area contributed by atoms with Gasteiger partial charge in [0.2, 0.25) is 5.91 Å². The number of carbonyl (C=O) groups excluding carboxylic acids is 1. The highest BCUT2D eigenvalue weighted by molar-refractivity contribution is 7.80. The number of hydrogen-bond acceptors (Lipinski definition) is 4. The summed E-state index contributed by atoms with van der Waals surface area (Å²) in [5.74, 6) is 0.703. The molecule has 1 heterocycles. The number of thiocarbonyl (C=S) groups is 1. The number of nitrogens with one attached hydrogen (secondary N) is 2. The molecule has 0 atom stereocenters. The average Bonchev–Trinajstić information content (AvgIpc) is 3.22. The van der Waals surface area contributed by atoms with Gasteiger partial charge in [-0.1, -0.05) is 73.4 Å². The van der Waals surface area contributed by atoms with E-state index in [1.165, 1.54) is 11.6 Å². The van der Waals surface area contributed by atoms with Crippen LogP contribution >= 0.6 is 35.4 Å². The molecule has 0 aliphatic carbocycles. The van der Waals surface area contributed by atoms with Gasteiger partial charge in [0.1, 0.15) is 5.52 Å². The number of hydrogen-bond donors (Lipinski definition) is 2. The van der Waals surface area contributed by atoms with Crippen LogP contribution in [0.5, 0.6) is 0 Å². The first-order chi connectivity index (χ1) is 16.8. The molecule has 0 radical (unpaired) electrons. The van der Waals surface area contributed by atoms with Gasteiger partial charge in [-0.2, -0.15) is 0 Å². The second-order valence-electron chi connectivity index (χ2n) is 8.32. The van der Waals surface area contributed by atoms with E-state index in [1.54, 1.807) is 18.2 Å². The Hall–Kier alpha value is -3.19. The molecule has 1 aromatic heterocycles. The van der Waals surface area contributed by atoms with E-state index in [1.807, 2.05) is 36.4 Å². The summed E-state index contributed by atoms with van der Waals surface area (Å²) in [5, 5.41) is 6.82. The van der Waals surface area contributed by atoms with Crippen molar-refractivity contribution in [2.24, 2.45) is 0 Å². The second-order valence-corrected chi connectivity index (χ2v) is 9.57. The molecule has 0 saturated heterocycles. The maximum Gasteiger partial charge on any atom is 0.250 e.